The van der Waals surface area contributed by atoms with Crippen LogP contribution >= 0.6 is 0 Å². The Morgan fingerprint density at radius 2 is 2.08 bits per heavy atom. The number of nitrogens with zero attached hydrogens (tertiary/aromatic N) is 3. The van der Waals surface area contributed by atoms with Gasteiger partial charge in [0.25, 0.3) is 0 Å². The molecule has 1 aromatic carbocycles. The molecule has 5 heteroatoms. The van der Waals surface area contributed by atoms with Gasteiger partial charge in [-0.2, -0.15) is 0 Å². The molecule has 24 heavy (non-hydrogen) atoms. The van der Waals surface area contributed by atoms with Gasteiger partial charge in [-0.1, -0.05) is 6.92 Å². The summed E-state index contributed by atoms with van der Waals surface area (Å²) < 4.78 is 5.19. The minimum Gasteiger partial charge on any atom is -0.497 e. The maximum absolute atomic E-state index is 12.0. The molecule has 5 nitrogen and oxygen atoms in total. The average molecular weight is 325 g/mol. The number of hydrogen-bond acceptors (Lipinski definition) is 4. The van der Waals surface area contributed by atoms with Crippen molar-refractivity contribution < 1.29 is 9.53 Å². The summed E-state index contributed by atoms with van der Waals surface area (Å²) in [6.45, 7) is 3.53. The predicted octanol–water partition coefficient (Wildman–Crippen LogP) is 3.27. The number of hydrogen-bond donors (Lipinski definition) is 0. The van der Waals surface area contributed by atoms with E-state index >= 15 is 0 Å². The third-order valence-electron chi connectivity index (χ3n) is 4.52. The fourth-order valence-electron chi connectivity index (χ4n) is 3.15. The predicted molar refractivity (Wildman–Crippen MR) is 92.9 cm³/mol. The Balaban J connectivity index is 1.80. The number of likely N-dealkylation sites (tertiary alicyclic amines) is 1. The Bertz CT molecular complexity index is 700. The second-order valence-corrected chi connectivity index (χ2v) is 6.07. The van der Waals surface area contributed by atoms with Crippen LogP contribution in [-0.2, 0) is 4.79 Å². The third kappa shape index (κ3) is 3.55. The van der Waals surface area contributed by atoms with Gasteiger partial charge in [-0.05, 0) is 43.2 Å². The first-order valence-corrected chi connectivity index (χ1v) is 8.46. The van der Waals surface area contributed by atoms with Gasteiger partial charge >= 0.3 is 0 Å². The van der Waals surface area contributed by atoms with Crippen molar-refractivity contribution in [2.75, 3.05) is 20.2 Å². The highest BCUT2D eigenvalue weighted by molar-refractivity contribution is 5.76. The lowest BCUT2D eigenvalue weighted by Gasteiger charge is -2.32. The van der Waals surface area contributed by atoms with Gasteiger partial charge in [0, 0.05) is 42.9 Å². The number of methoxy groups -OCH3 is 1. The van der Waals surface area contributed by atoms with Crippen molar-refractivity contribution in [1.82, 2.24) is 14.9 Å². The van der Waals surface area contributed by atoms with E-state index in [1.807, 2.05) is 48.4 Å². The van der Waals surface area contributed by atoms with Gasteiger partial charge in [-0.25, -0.2) is 9.97 Å². The SMILES string of the molecule is CCC(=O)N1CCC[C@H](c2ccnc(-c3ccc(OC)cc3)n2)C1. The molecule has 1 aliphatic heterocycles. The summed E-state index contributed by atoms with van der Waals surface area (Å²) in [5, 5.41) is 0. The second kappa shape index (κ2) is 7.43. The van der Waals surface area contributed by atoms with Crippen LogP contribution in [0.5, 0.6) is 5.75 Å². The van der Waals surface area contributed by atoms with E-state index in [2.05, 4.69) is 4.98 Å². The fraction of sp³-hybridized carbons (Fsp3) is 0.421. The number of aromatic nitrogens is 2. The van der Waals surface area contributed by atoms with Crippen molar-refractivity contribution in [2.24, 2.45) is 0 Å². The second-order valence-electron chi connectivity index (χ2n) is 6.07. The smallest absolute Gasteiger partial charge is 0.222 e. The maximum Gasteiger partial charge on any atom is 0.222 e. The van der Waals surface area contributed by atoms with Crippen LogP contribution < -0.4 is 4.74 Å². The molecule has 1 saturated heterocycles. The van der Waals surface area contributed by atoms with E-state index in [-0.39, 0.29) is 11.8 Å². The zero-order valence-corrected chi connectivity index (χ0v) is 14.2. The molecule has 1 fully saturated rings. The lowest BCUT2D eigenvalue weighted by Crippen LogP contribution is -2.38. The van der Waals surface area contributed by atoms with E-state index in [4.69, 9.17) is 9.72 Å². The Labute approximate surface area is 142 Å². The molecule has 1 aromatic heterocycles. The Hall–Kier alpha value is -2.43. The molecule has 0 N–H and O–H groups in total. The van der Waals surface area contributed by atoms with Crippen LogP contribution in [0, 0.1) is 0 Å². The standard InChI is InChI=1S/C19H23N3O2/c1-3-18(23)22-12-4-5-15(13-22)17-10-11-20-19(21-17)14-6-8-16(24-2)9-7-14/h6-11,15H,3-5,12-13H2,1-2H3/t15-/m0/s1. The van der Waals surface area contributed by atoms with Crippen LogP contribution in [0.2, 0.25) is 0 Å². The van der Waals surface area contributed by atoms with Crippen molar-refractivity contribution in [3.63, 3.8) is 0 Å². The molecule has 2 aromatic rings. The van der Waals surface area contributed by atoms with E-state index in [1.54, 1.807) is 7.11 Å². The third-order valence-corrected chi connectivity index (χ3v) is 4.52. The van der Waals surface area contributed by atoms with Gasteiger partial charge in [0.2, 0.25) is 5.91 Å². The number of piperidine rings is 1. The van der Waals surface area contributed by atoms with Crippen molar-refractivity contribution >= 4 is 5.91 Å². The quantitative estimate of drug-likeness (QED) is 0.866. The number of carbonyl (C=O) groups is 1. The summed E-state index contributed by atoms with van der Waals surface area (Å²) in [5.41, 5.74) is 1.99. The van der Waals surface area contributed by atoms with E-state index in [9.17, 15) is 4.79 Å². The van der Waals surface area contributed by atoms with Crippen LogP contribution in [0.3, 0.4) is 0 Å². The number of amides is 1. The minimum absolute atomic E-state index is 0.226. The Kier molecular flexibility index (Phi) is 5.08. The molecule has 0 saturated carbocycles. The number of benzene rings is 1. The lowest BCUT2D eigenvalue weighted by atomic mass is 9.94. The summed E-state index contributed by atoms with van der Waals surface area (Å²) in [4.78, 5) is 23.1. The molecule has 2 heterocycles. The van der Waals surface area contributed by atoms with Gasteiger partial charge in [0.1, 0.15) is 5.75 Å². The van der Waals surface area contributed by atoms with Gasteiger partial charge in [-0.3, -0.25) is 4.79 Å². The normalized spacial score (nSPS) is 17.6. The molecular formula is C19H23N3O2. The first-order valence-electron chi connectivity index (χ1n) is 8.46. The van der Waals surface area contributed by atoms with Crippen LogP contribution in [0.25, 0.3) is 11.4 Å². The van der Waals surface area contributed by atoms with E-state index in [0.29, 0.717) is 12.2 Å². The van der Waals surface area contributed by atoms with E-state index < -0.39 is 0 Å². The molecule has 1 amide bonds. The molecule has 0 radical (unpaired) electrons. The molecule has 1 atom stereocenters. The van der Waals surface area contributed by atoms with Gasteiger partial charge < -0.3 is 9.64 Å². The Morgan fingerprint density at radius 3 is 2.79 bits per heavy atom. The van der Waals surface area contributed by atoms with E-state index in [1.165, 1.54) is 0 Å². The zero-order valence-electron chi connectivity index (χ0n) is 14.2. The largest absolute Gasteiger partial charge is 0.497 e. The molecule has 126 valence electrons. The number of carbonyl (C=O) groups excluding carboxylic acids is 1. The molecule has 0 aliphatic carbocycles. The average Bonchev–Trinajstić information content (AvgIpc) is 2.67. The highest BCUT2D eigenvalue weighted by atomic mass is 16.5. The first kappa shape index (κ1) is 16.4. The minimum atomic E-state index is 0.226. The molecule has 3 rings (SSSR count). The fourth-order valence-corrected chi connectivity index (χ4v) is 3.15. The monoisotopic (exact) mass is 325 g/mol. The molecule has 0 unspecified atom stereocenters. The van der Waals surface area contributed by atoms with Crippen LogP contribution in [0.1, 0.15) is 37.8 Å². The van der Waals surface area contributed by atoms with Crippen LogP contribution in [0.4, 0.5) is 0 Å². The number of rotatable bonds is 4. The summed E-state index contributed by atoms with van der Waals surface area (Å²) in [5.74, 6) is 2.04. The zero-order chi connectivity index (χ0) is 16.9. The summed E-state index contributed by atoms with van der Waals surface area (Å²) in [6, 6.07) is 9.72. The molecule has 1 aliphatic rings. The van der Waals surface area contributed by atoms with Crippen LogP contribution in [0.15, 0.2) is 36.5 Å². The van der Waals surface area contributed by atoms with Crippen molar-refractivity contribution in [1.29, 1.82) is 0 Å². The summed E-state index contributed by atoms with van der Waals surface area (Å²) in [6.07, 6.45) is 4.46. The highest BCUT2D eigenvalue weighted by Gasteiger charge is 2.25. The van der Waals surface area contributed by atoms with E-state index in [0.717, 1.165) is 42.9 Å². The van der Waals surface area contributed by atoms with Crippen molar-refractivity contribution in [3.05, 3.63) is 42.2 Å². The number of ether oxygens (including phenoxy) is 1. The topological polar surface area (TPSA) is 55.3 Å². The maximum atomic E-state index is 12.0. The molecule has 0 spiro atoms. The van der Waals surface area contributed by atoms with Crippen molar-refractivity contribution in [3.8, 4) is 17.1 Å². The van der Waals surface area contributed by atoms with Gasteiger partial charge in [0.15, 0.2) is 5.82 Å². The molecule has 0 bridgehead atoms. The lowest BCUT2D eigenvalue weighted by molar-refractivity contribution is -0.132. The van der Waals surface area contributed by atoms with Crippen LogP contribution in [-0.4, -0.2) is 41.0 Å². The van der Waals surface area contributed by atoms with Gasteiger partial charge in [0.05, 0.1) is 7.11 Å². The molecular weight excluding hydrogens is 302 g/mol. The van der Waals surface area contributed by atoms with Crippen molar-refractivity contribution in [2.45, 2.75) is 32.1 Å². The summed E-state index contributed by atoms with van der Waals surface area (Å²) >= 11 is 0. The highest BCUT2D eigenvalue weighted by Crippen LogP contribution is 2.27. The summed E-state index contributed by atoms with van der Waals surface area (Å²) in [7, 11) is 1.65. The van der Waals surface area contributed by atoms with Gasteiger partial charge in [-0.15, -0.1) is 0 Å². The Morgan fingerprint density at radius 1 is 1.29 bits per heavy atom. The first-order chi connectivity index (χ1) is 11.7.